The third kappa shape index (κ3) is 4.20. The summed E-state index contributed by atoms with van der Waals surface area (Å²) in [5, 5.41) is 6.00. The van der Waals surface area contributed by atoms with E-state index >= 15 is 0 Å². The zero-order chi connectivity index (χ0) is 21.8. The molecule has 0 atom stereocenters. The minimum absolute atomic E-state index is 0.246. The minimum atomic E-state index is -0.246. The molecule has 32 heavy (non-hydrogen) atoms. The van der Waals surface area contributed by atoms with Crippen molar-refractivity contribution < 1.29 is 9.53 Å². The van der Waals surface area contributed by atoms with Gasteiger partial charge in [-0.1, -0.05) is 48.5 Å². The monoisotopic (exact) mass is 420 g/mol. The molecule has 4 aromatic carbocycles. The Morgan fingerprint density at radius 3 is 2.59 bits per heavy atom. The predicted octanol–water partition coefficient (Wildman–Crippen LogP) is 5.06. The smallest absolute Gasteiger partial charge is 0.271 e. The second kappa shape index (κ2) is 8.73. The summed E-state index contributed by atoms with van der Waals surface area (Å²) in [7, 11) is 0. The molecule has 0 aliphatic carbocycles. The Morgan fingerprint density at radius 1 is 0.938 bits per heavy atom. The molecule has 0 aliphatic heterocycles. The Bertz CT molecular complexity index is 1380. The Morgan fingerprint density at radius 2 is 1.72 bits per heavy atom. The number of nitrogens with zero attached hydrogens (tertiary/aromatic N) is 2. The van der Waals surface area contributed by atoms with Crippen LogP contribution in [0.1, 0.15) is 21.7 Å². The van der Waals surface area contributed by atoms with E-state index in [1.807, 2.05) is 84.9 Å². The van der Waals surface area contributed by atoms with Crippen molar-refractivity contribution in [1.29, 1.82) is 0 Å². The largest absolute Gasteiger partial charge is 0.486 e. The molecule has 156 valence electrons. The van der Waals surface area contributed by atoms with Crippen molar-refractivity contribution >= 4 is 33.9 Å². The van der Waals surface area contributed by atoms with Gasteiger partial charge in [-0.2, -0.15) is 5.10 Å². The van der Waals surface area contributed by atoms with Gasteiger partial charge in [-0.25, -0.2) is 10.4 Å². The molecule has 0 fully saturated rings. The molecule has 0 radical (unpaired) electrons. The fourth-order valence-corrected chi connectivity index (χ4v) is 3.52. The molecule has 6 heteroatoms. The SMILES string of the molecule is O=C(N/N=C\c1ccc(OCc2nc3ccccc3[nH]2)cc1)c1cccc2ccccc12. The van der Waals surface area contributed by atoms with Crippen LogP contribution in [0.3, 0.4) is 0 Å². The second-order valence-electron chi connectivity index (χ2n) is 7.28. The molecule has 6 nitrogen and oxygen atoms in total. The fourth-order valence-electron chi connectivity index (χ4n) is 3.52. The molecule has 2 N–H and O–H groups in total. The zero-order valence-electron chi connectivity index (χ0n) is 17.2. The summed E-state index contributed by atoms with van der Waals surface area (Å²) in [5.74, 6) is 1.25. The van der Waals surface area contributed by atoms with Crippen molar-refractivity contribution in [2.75, 3.05) is 0 Å². The highest BCUT2D eigenvalue weighted by Gasteiger charge is 2.08. The normalized spacial score (nSPS) is 11.2. The molecule has 1 heterocycles. The van der Waals surface area contributed by atoms with Gasteiger partial charge in [-0.15, -0.1) is 0 Å². The van der Waals surface area contributed by atoms with E-state index < -0.39 is 0 Å². The molecule has 1 amide bonds. The zero-order valence-corrected chi connectivity index (χ0v) is 17.2. The number of fused-ring (bicyclic) bond motifs is 2. The van der Waals surface area contributed by atoms with Gasteiger partial charge in [0.15, 0.2) is 0 Å². The number of aromatic amines is 1. The number of para-hydroxylation sites is 2. The van der Waals surface area contributed by atoms with Gasteiger partial charge >= 0.3 is 0 Å². The number of amides is 1. The van der Waals surface area contributed by atoms with Crippen LogP contribution >= 0.6 is 0 Å². The van der Waals surface area contributed by atoms with E-state index in [-0.39, 0.29) is 5.91 Å². The van der Waals surface area contributed by atoms with Crippen LogP contribution in [0.4, 0.5) is 0 Å². The lowest BCUT2D eigenvalue weighted by molar-refractivity contribution is 0.0957. The van der Waals surface area contributed by atoms with E-state index in [9.17, 15) is 4.79 Å². The molecule has 0 spiro atoms. The van der Waals surface area contributed by atoms with Gasteiger partial charge in [0.05, 0.1) is 17.2 Å². The first-order valence-corrected chi connectivity index (χ1v) is 10.2. The Hall–Kier alpha value is -4.45. The van der Waals surface area contributed by atoms with E-state index in [1.165, 1.54) is 0 Å². The van der Waals surface area contributed by atoms with E-state index in [2.05, 4.69) is 20.5 Å². The highest BCUT2D eigenvalue weighted by atomic mass is 16.5. The number of nitrogens with one attached hydrogen (secondary N) is 2. The van der Waals surface area contributed by atoms with Gasteiger partial charge in [0.25, 0.3) is 5.91 Å². The molecule has 5 aromatic rings. The maximum atomic E-state index is 12.5. The summed E-state index contributed by atoms with van der Waals surface area (Å²) in [5.41, 5.74) is 5.95. The van der Waals surface area contributed by atoms with Crippen LogP contribution in [-0.4, -0.2) is 22.1 Å². The third-order valence-corrected chi connectivity index (χ3v) is 5.11. The number of rotatable bonds is 6. The number of carbonyl (C=O) groups excluding carboxylic acids is 1. The number of carbonyl (C=O) groups is 1. The first-order chi connectivity index (χ1) is 15.8. The van der Waals surface area contributed by atoms with Crippen LogP contribution in [0.25, 0.3) is 21.8 Å². The lowest BCUT2D eigenvalue weighted by atomic mass is 10.0. The van der Waals surface area contributed by atoms with Crippen LogP contribution in [0.5, 0.6) is 5.75 Å². The van der Waals surface area contributed by atoms with E-state index in [0.29, 0.717) is 12.2 Å². The van der Waals surface area contributed by atoms with Gasteiger partial charge < -0.3 is 9.72 Å². The van der Waals surface area contributed by atoms with Crippen molar-refractivity contribution in [1.82, 2.24) is 15.4 Å². The maximum Gasteiger partial charge on any atom is 0.271 e. The number of hydrazone groups is 1. The van der Waals surface area contributed by atoms with Gasteiger partial charge in [0.1, 0.15) is 18.2 Å². The molecule has 0 saturated carbocycles. The van der Waals surface area contributed by atoms with E-state index in [1.54, 1.807) is 12.3 Å². The standard InChI is InChI=1S/C26H20N4O2/c31-26(22-9-5-7-19-6-1-2-8-21(19)22)30-27-16-18-12-14-20(15-13-18)32-17-25-28-23-10-3-4-11-24(23)29-25/h1-16H,17H2,(H,28,29)(H,30,31)/b27-16-. The van der Waals surface area contributed by atoms with Crippen molar-refractivity contribution in [3.05, 3.63) is 108 Å². The second-order valence-corrected chi connectivity index (χ2v) is 7.28. The van der Waals surface area contributed by atoms with Crippen molar-refractivity contribution in [2.45, 2.75) is 6.61 Å². The number of hydrogen-bond acceptors (Lipinski definition) is 4. The summed E-state index contributed by atoms with van der Waals surface area (Å²) < 4.78 is 5.81. The maximum absolute atomic E-state index is 12.5. The average molecular weight is 420 g/mol. The van der Waals surface area contributed by atoms with Crippen molar-refractivity contribution in [2.24, 2.45) is 5.10 Å². The van der Waals surface area contributed by atoms with Crippen LogP contribution in [0.2, 0.25) is 0 Å². The lowest BCUT2D eigenvalue weighted by Gasteiger charge is -2.05. The van der Waals surface area contributed by atoms with E-state index in [4.69, 9.17) is 4.74 Å². The predicted molar refractivity (Wildman–Crippen MR) is 126 cm³/mol. The molecule has 5 rings (SSSR count). The van der Waals surface area contributed by atoms with Crippen LogP contribution in [0, 0.1) is 0 Å². The summed E-state index contributed by atoms with van der Waals surface area (Å²) >= 11 is 0. The molecule has 0 unspecified atom stereocenters. The van der Waals surface area contributed by atoms with Crippen molar-refractivity contribution in [3.8, 4) is 5.75 Å². The number of ether oxygens (including phenoxy) is 1. The number of H-pyrrole nitrogens is 1. The minimum Gasteiger partial charge on any atom is -0.486 e. The number of hydrogen-bond donors (Lipinski definition) is 2. The first kappa shape index (κ1) is 19.5. The quantitative estimate of drug-likeness (QED) is 0.298. The highest BCUT2D eigenvalue weighted by molar-refractivity contribution is 6.07. The molecule has 0 bridgehead atoms. The van der Waals surface area contributed by atoms with Crippen LogP contribution in [0.15, 0.2) is 96.1 Å². The Labute approximate surface area is 184 Å². The van der Waals surface area contributed by atoms with Gasteiger partial charge in [0.2, 0.25) is 0 Å². The van der Waals surface area contributed by atoms with E-state index in [0.717, 1.165) is 38.9 Å². The topological polar surface area (TPSA) is 79.4 Å². The van der Waals surface area contributed by atoms with Gasteiger partial charge in [-0.05, 0) is 58.8 Å². The lowest BCUT2D eigenvalue weighted by Crippen LogP contribution is -2.17. The molecular weight excluding hydrogens is 400 g/mol. The number of aromatic nitrogens is 2. The molecule has 0 aliphatic rings. The van der Waals surface area contributed by atoms with Gasteiger partial charge in [0, 0.05) is 5.56 Å². The highest BCUT2D eigenvalue weighted by Crippen LogP contribution is 2.18. The summed E-state index contributed by atoms with van der Waals surface area (Å²) in [6.45, 7) is 0.350. The number of benzene rings is 4. The fraction of sp³-hybridized carbons (Fsp3) is 0.0385. The number of imidazole rings is 1. The molecular formula is C26H20N4O2. The Balaban J connectivity index is 1.19. The molecule has 0 saturated heterocycles. The Kier molecular flexibility index (Phi) is 5.32. The van der Waals surface area contributed by atoms with Gasteiger partial charge in [-0.3, -0.25) is 4.79 Å². The van der Waals surface area contributed by atoms with Crippen molar-refractivity contribution in [3.63, 3.8) is 0 Å². The van der Waals surface area contributed by atoms with Crippen LogP contribution < -0.4 is 10.2 Å². The first-order valence-electron chi connectivity index (χ1n) is 10.2. The summed E-state index contributed by atoms with van der Waals surface area (Å²) in [4.78, 5) is 20.3. The average Bonchev–Trinajstić information content (AvgIpc) is 3.26. The summed E-state index contributed by atoms with van der Waals surface area (Å²) in [6.07, 6.45) is 1.60. The third-order valence-electron chi connectivity index (χ3n) is 5.11. The van der Waals surface area contributed by atoms with Crippen LogP contribution in [-0.2, 0) is 6.61 Å². The summed E-state index contributed by atoms with van der Waals surface area (Å²) in [6, 6.07) is 28.8. The molecule has 1 aromatic heterocycles.